The lowest BCUT2D eigenvalue weighted by Gasteiger charge is -2.36. The van der Waals surface area contributed by atoms with E-state index in [1.165, 1.54) is 0 Å². The van der Waals surface area contributed by atoms with Crippen molar-refractivity contribution in [1.82, 2.24) is 9.62 Å². The molecule has 0 spiro atoms. The highest BCUT2D eigenvalue weighted by atomic mass is 127. The number of nitrogens with zero attached hydrogens (tertiary/aromatic N) is 3. The van der Waals surface area contributed by atoms with Crippen LogP contribution in [0.4, 0.5) is 5.69 Å². The number of hydrogen-bond donors (Lipinski definition) is 2. The van der Waals surface area contributed by atoms with Gasteiger partial charge in [0.15, 0.2) is 5.96 Å². The summed E-state index contributed by atoms with van der Waals surface area (Å²) >= 11 is 5.94. The van der Waals surface area contributed by atoms with E-state index in [4.69, 9.17) is 17.3 Å². The van der Waals surface area contributed by atoms with Crippen molar-refractivity contribution in [3.05, 3.63) is 59.6 Å². The number of benzene rings is 2. The number of rotatable bonds is 6. The SMILES string of the molecule is I.NC(=NCCNS(=O)(=O)c1ccccc1)N1CCN(c2ccc(Cl)cc2)CC1. The number of halogens is 2. The fourth-order valence-electron chi connectivity index (χ4n) is 2.98. The van der Waals surface area contributed by atoms with E-state index in [2.05, 4.69) is 14.6 Å². The van der Waals surface area contributed by atoms with Crippen LogP contribution in [0.15, 0.2) is 64.5 Å². The molecule has 1 heterocycles. The van der Waals surface area contributed by atoms with Gasteiger partial charge in [-0.25, -0.2) is 13.1 Å². The van der Waals surface area contributed by atoms with Crippen LogP contribution >= 0.6 is 35.6 Å². The van der Waals surface area contributed by atoms with Gasteiger partial charge in [-0.1, -0.05) is 29.8 Å². The van der Waals surface area contributed by atoms with Crippen molar-refractivity contribution in [3.63, 3.8) is 0 Å². The Balaban J connectivity index is 0.00000300. The Morgan fingerprint density at radius 2 is 1.66 bits per heavy atom. The molecule has 0 aromatic heterocycles. The average Bonchev–Trinajstić information content (AvgIpc) is 2.72. The molecule has 10 heteroatoms. The first kappa shape index (κ1) is 23.7. The fraction of sp³-hybridized carbons (Fsp3) is 0.316. The number of nitrogens with one attached hydrogen (secondary N) is 1. The molecule has 3 N–H and O–H groups in total. The van der Waals surface area contributed by atoms with Crippen LogP contribution in [0.3, 0.4) is 0 Å². The second-order valence-corrected chi connectivity index (χ2v) is 8.60. The third kappa shape index (κ3) is 6.73. The first-order valence-corrected chi connectivity index (χ1v) is 10.9. The predicted octanol–water partition coefficient (Wildman–Crippen LogP) is 2.37. The molecule has 29 heavy (non-hydrogen) atoms. The second kappa shape index (κ2) is 11.0. The lowest BCUT2D eigenvalue weighted by molar-refractivity contribution is 0.381. The van der Waals surface area contributed by atoms with Gasteiger partial charge in [-0.05, 0) is 36.4 Å². The molecule has 1 saturated heterocycles. The minimum atomic E-state index is -3.51. The Morgan fingerprint density at radius 1 is 1.03 bits per heavy atom. The highest BCUT2D eigenvalue weighted by molar-refractivity contribution is 14.0. The predicted molar refractivity (Wildman–Crippen MR) is 129 cm³/mol. The second-order valence-electron chi connectivity index (χ2n) is 6.40. The number of piperazine rings is 1. The lowest BCUT2D eigenvalue weighted by atomic mass is 10.2. The normalized spacial score (nSPS) is 15.1. The highest BCUT2D eigenvalue weighted by Crippen LogP contribution is 2.19. The minimum Gasteiger partial charge on any atom is -0.370 e. The number of guanidine groups is 1. The first-order valence-electron chi connectivity index (χ1n) is 9.06. The molecule has 3 rings (SSSR count). The molecule has 1 aliphatic heterocycles. The van der Waals surface area contributed by atoms with Gasteiger partial charge in [0.05, 0.1) is 11.4 Å². The summed E-state index contributed by atoms with van der Waals surface area (Å²) in [6, 6.07) is 16.0. The Morgan fingerprint density at radius 3 is 2.28 bits per heavy atom. The van der Waals surface area contributed by atoms with Crippen LogP contribution in [0.1, 0.15) is 0 Å². The molecular formula is C19H25ClIN5O2S. The van der Waals surface area contributed by atoms with Gasteiger partial charge in [0, 0.05) is 43.4 Å². The van der Waals surface area contributed by atoms with Crippen LogP contribution in [0, 0.1) is 0 Å². The van der Waals surface area contributed by atoms with E-state index < -0.39 is 10.0 Å². The molecule has 158 valence electrons. The maximum atomic E-state index is 12.2. The van der Waals surface area contributed by atoms with E-state index in [0.29, 0.717) is 5.96 Å². The van der Waals surface area contributed by atoms with Crippen molar-refractivity contribution in [2.45, 2.75) is 4.90 Å². The first-order chi connectivity index (χ1) is 13.5. The maximum Gasteiger partial charge on any atom is 0.240 e. The van der Waals surface area contributed by atoms with Crippen LogP contribution in [0.2, 0.25) is 5.02 Å². The molecule has 7 nitrogen and oxygen atoms in total. The van der Waals surface area contributed by atoms with Gasteiger partial charge in [-0.3, -0.25) is 4.99 Å². The topological polar surface area (TPSA) is 91.0 Å². The molecule has 0 saturated carbocycles. The third-order valence-electron chi connectivity index (χ3n) is 4.53. The van der Waals surface area contributed by atoms with Crippen molar-refractivity contribution in [1.29, 1.82) is 0 Å². The van der Waals surface area contributed by atoms with E-state index in [1.807, 2.05) is 29.2 Å². The van der Waals surface area contributed by atoms with Gasteiger partial charge in [0.2, 0.25) is 10.0 Å². The average molecular weight is 550 g/mol. The van der Waals surface area contributed by atoms with Crippen LogP contribution in [0.25, 0.3) is 0 Å². The van der Waals surface area contributed by atoms with Crippen LogP contribution in [-0.2, 0) is 10.0 Å². The van der Waals surface area contributed by atoms with Crippen molar-refractivity contribution in [2.24, 2.45) is 10.7 Å². The number of hydrogen-bond acceptors (Lipinski definition) is 4. The molecule has 2 aromatic carbocycles. The number of sulfonamides is 1. The summed E-state index contributed by atoms with van der Waals surface area (Å²) < 4.78 is 26.8. The molecular weight excluding hydrogens is 525 g/mol. The highest BCUT2D eigenvalue weighted by Gasteiger charge is 2.18. The zero-order valence-corrected chi connectivity index (χ0v) is 19.8. The van der Waals surface area contributed by atoms with Crippen molar-refractivity contribution >= 4 is 57.2 Å². The van der Waals surface area contributed by atoms with E-state index in [9.17, 15) is 8.42 Å². The Kier molecular flexibility index (Phi) is 9.00. The van der Waals surface area contributed by atoms with Gasteiger partial charge < -0.3 is 15.5 Å². The molecule has 1 aliphatic rings. The summed E-state index contributed by atoms with van der Waals surface area (Å²) in [5.41, 5.74) is 7.21. The van der Waals surface area contributed by atoms with Crippen molar-refractivity contribution < 1.29 is 8.42 Å². The molecule has 0 radical (unpaired) electrons. The van der Waals surface area contributed by atoms with Crippen molar-refractivity contribution in [2.75, 3.05) is 44.2 Å². The zero-order valence-electron chi connectivity index (χ0n) is 15.9. The Hall–Kier alpha value is -1.56. The number of anilines is 1. The molecule has 0 bridgehead atoms. The van der Waals surface area contributed by atoms with Crippen LogP contribution in [-0.4, -0.2) is 58.5 Å². The summed E-state index contributed by atoms with van der Waals surface area (Å²) in [6.07, 6.45) is 0. The van der Waals surface area contributed by atoms with E-state index in [1.54, 1.807) is 30.3 Å². The van der Waals surface area contributed by atoms with Crippen LogP contribution < -0.4 is 15.4 Å². The van der Waals surface area contributed by atoms with Gasteiger partial charge in [0.1, 0.15) is 0 Å². The maximum absolute atomic E-state index is 12.2. The van der Waals surface area contributed by atoms with Gasteiger partial charge >= 0.3 is 0 Å². The smallest absolute Gasteiger partial charge is 0.240 e. The van der Waals surface area contributed by atoms with E-state index in [-0.39, 0.29) is 42.0 Å². The van der Waals surface area contributed by atoms with Gasteiger partial charge in [-0.2, -0.15) is 0 Å². The van der Waals surface area contributed by atoms with Gasteiger partial charge in [0.25, 0.3) is 0 Å². The minimum absolute atomic E-state index is 0. The Labute approximate surface area is 194 Å². The third-order valence-corrected chi connectivity index (χ3v) is 6.26. The quantitative estimate of drug-likeness (QED) is 0.250. The fourth-order valence-corrected chi connectivity index (χ4v) is 4.15. The molecule has 0 aliphatic carbocycles. The Bertz CT molecular complexity index is 902. The standard InChI is InChI=1S/C19H24ClN5O2S.HI/c20-16-6-8-17(9-7-16)24-12-14-25(15-13-24)19(21)22-10-11-23-28(26,27)18-4-2-1-3-5-18;/h1-9,23H,10-15H2,(H2,21,22);1H. The molecule has 1 fully saturated rings. The number of aliphatic imine (C=N–C) groups is 1. The van der Waals surface area contributed by atoms with E-state index in [0.717, 1.165) is 36.9 Å². The molecule has 0 unspecified atom stereocenters. The van der Waals surface area contributed by atoms with Crippen molar-refractivity contribution in [3.8, 4) is 0 Å². The summed E-state index contributed by atoms with van der Waals surface area (Å²) in [4.78, 5) is 8.84. The summed E-state index contributed by atoms with van der Waals surface area (Å²) in [7, 11) is -3.51. The van der Waals surface area contributed by atoms with Crippen LogP contribution in [0.5, 0.6) is 0 Å². The molecule has 0 amide bonds. The summed E-state index contributed by atoms with van der Waals surface area (Å²) in [5.74, 6) is 0.440. The molecule has 2 aromatic rings. The monoisotopic (exact) mass is 549 g/mol. The van der Waals surface area contributed by atoms with Gasteiger partial charge in [-0.15, -0.1) is 24.0 Å². The zero-order chi connectivity index (χ0) is 20.0. The summed E-state index contributed by atoms with van der Waals surface area (Å²) in [5, 5.41) is 0.724. The largest absolute Gasteiger partial charge is 0.370 e. The molecule has 0 atom stereocenters. The summed E-state index contributed by atoms with van der Waals surface area (Å²) in [6.45, 7) is 3.66. The lowest BCUT2D eigenvalue weighted by Crippen LogP contribution is -2.51. The number of nitrogens with two attached hydrogens (primary N) is 1. The van der Waals surface area contributed by atoms with E-state index >= 15 is 0 Å².